The second kappa shape index (κ2) is 11.3. The molecule has 1 aliphatic rings. The van der Waals surface area contributed by atoms with Crippen LogP contribution in [0.5, 0.6) is 0 Å². The lowest BCUT2D eigenvalue weighted by Gasteiger charge is -2.26. The maximum absolute atomic E-state index is 12.1. The molecule has 2 nitrogen and oxygen atoms in total. The summed E-state index contributed by atoms with van der Waals surface area (Å²) < 4.78 is 0. The largest absolute Gasteiger partial charge is 0.330 e. The van der Waals surface area contributed by atoms with Crippen LogP contribution < -0.4 is 5.73 Å². The Morgan fingerprint density at radius 1 is 0.900 bits per heavy atom. The molecule has 1 aliphatic carbocycles. The molecule has 0 unspecified atom stereocenters. The third-order valence-electron chi connectivity index (χ3n) is 4.91. The van der Waals surface area contributed by atoms with Crippen LogP contribution in [-0.2, 0) is 4.79 Å². The molecule has 1 fully saturated rings. The molecule has 2 heteroatoms. The molecule has 20 heavy (non-hydrogen) atoms. The summed E-state index contributed by atoms with van der Waals surface area (Å²) in [6.07, 6.45) is 15.9. The number of carbonyl (C=O) groups excluding carboxylic acids is 1. The third kappa shape index (κ3) is 7.42. The van der Waals surface area contributed by atoms with Crippen LogP contribution in [0.3, 0.4) is 0 Å². The number of Topliss-reactive ketones (excluding diaryl/α,β-unsaturated/α-hetero) is 1. The van der Waals surface area contributed by atoms with E-state index in [4.69, 9.17) is 5.73 Å². The fraction of sp³-hybridized carbons (Fsp3) is 0.944. The van der Waals surface area contributed by atoms with E-state index in [2.05, 4.69) is 6.92 Å². The van der Waals surface area contributed by atoms with E-state index in [1.165, 1.54) is 57.8 Å². The van der Waals surface area contributed by atoms with Crippen molar-refractivity contribution < 1.29 is 4.79 Å². The molecule has 0 saturated heterocycles. The molecule has 0 amide bonds. The fourth-order valence-electron chi connectivity index (χ4n) is 3.36. The first-order valence-electron chi connectivity index (χ1n) is 9.00. The van der Waals surface area contributed by atoms with E-state index in [-0.39, 0.29) is 0 Å². The van der Waals surface area contributed by atoms with Crippen molar-refractivity contribution >= 4 is 5.78 Å². The van der Waals surface area contributed by atoms with Gasteiger partial charge in [0.2, 0.25) is 0 Å². The Kier molecular flexibility index (Phi) is 10.00. The highest BCUT2D eigenvalue weighted by Crippen LogP contribution is 2.29. The minimum Gasteiger partial charge on any atom is -0.330 e. The molecule has 0 atom stereocenters. The molecular weight excluding hydrogens is 246 g/mol. The Bertz CT molecular complexity index is 244. The summed E-state index contributed by atoms with van der Waals surface area (Å²) in [5.74, 6) is 1.58. The first-order chi connectivity index (χ1) is 9.77. The van der Waals surface area contributed by atoms with Gasteiger partial charge in [-0.2, -0.15) is 0 Å². The molecular formula is C18H35NO. The van der Waals surface area contributed by atoms with E-state index in [0.717, 1.165) is 32.2 Å². The first-order valence-corrected chi connectivity index (χ1v) is 9.00. The van der Waals surface area contributed by atoms with E-state index in [9.17, 15) is 4.79 Å². The number of carbonyl (C=O) groups is 1. The quantitative estimate of drug-likeness (QED) is 0.550. The number of hydrogen-bond donors (Lipinski definition) is 1. The molecule has 0 bridgehead atoms. The van der Waals surface area contributed by atoms with Gasteiger partial charge < -0.3 is 5.73 Å². The van der Waals surface area contributed by atoms with Crippen molar-refractivity contribution in [2.75, 3.05) is 6.54 Å². The lowest BCUT2D eigenvalue weighted by Crippen LogP contribution is -2.25. The summed E-state index contributed by atoms with van der Waals surface area (Å²) in [6.45, 7) is 3.06. The minimum atomic E-state index is 0.363. The van der Waals surface area contributed by atoms with Crippen molar-refractivity contribution in [2.45, 2.75) is 90.4 Å². The van der Waals surface area contributed by atoms with E-state index in [1.54, 1.807) is 0 Å². The molecule has 0 spiro atoms. The number of hydrogen-bond acceptors (Lipinski definition) is 2. The maximum Gasteiger partial charge on any atom is 0.135 e. The van der Waals surface area contributed by atoms with Gasteiger partial charge in [0.05, 0.1) is 0 Å². The third-order valence-corrected chi connectivity index (χ3v) is 4.91. The van der Waals surface area contributed by atoms with Crippen molar-refractivity contribution in [3.63, 3.8) is 0 Å². The molecule has 0 aromatic heterocycles. The predicted octanol–water partition coefficient (Wildman–Crippen LogP) is 4.85. The lowest BCUT2D eigenvalue weighted by molar-refractivity contribution is -0.124. The van der Waals surface area contributed by atoms with Gasteiger partial charge in [-0.05, 0) is 44.6 Å². The topological polar surface area (TPSA) is 43.1 Å². The monoisotopic (exact) mass is 281 g/mol. The molecule has 0 aliphatic heterocycles. The Labute approximate surface area is 125 Å². The zero-order chi connectivity index (χ0) is 14.6. The highest BCUT2D eigenvalue weighted by Gasteiger charge is 2.24. The molecule has 1 rings (SSSR count). The zero-order valence-electron chi connectivity index (χ0n) is 13.5. The summed E-state index contributed by atoms with van der Waals surface area (Å²) in [5.41, 5.74) is 5.70. The normalized spacial score (nSPS) is 22.9. The Balaban J connectivity index is 1.95. The van der Waals surface area contributed by atoms with Gasteiger partial charge in [0.1, 0.15) is 5.78 Å². The number of rotatable bonds is 11. The van der Waals surface area contributed by atoms with E-state index < -0.39 is 0 Å². The first kappa shape index (κ1) is 17.7. The van der Waals surface area contributed by atoms with E-state index in [1.807, 2.05) is 0 Å². The lowest BCUT2D eigenvalue weighted by atomic mass is 9.79. The van der Waals surface area contributed by atoms with E-state index in [0.29, 0.717) is 17.6 Å². The van der Waals surface area contributed by atoms with Crippen molar-refractivity contribution in [3.8, 4) is 0 Å². The molecule has 1 saturated carbocycles. The average Bonchev–Trinajstić information content (AvgIpc) is 2.50. The van der Waals surface area contributed by atoms with Crippen LogP contribution in [0.1, 0.15) is 90.4 Å². The van der Waals surface area contributed by atoms with Gasteiger partial charge in [0.25, 0.3) is 0 Å². The summed E-state index contributed by atoms with van der Waals surface area (Å²) >= 11 is 0. The predicted molar refractivity (Wildman–Crippen MR) is 86.7 cm³/mol. The Hall–Kier alpha value is -0.370. The standard InChI is InChI=1S/C18H35NO/c1-2-3-4-5-6-7-8-9-10-18(20)17-13-11-16(15-19)12-14-17/h16-17H,2-15,19H2,1H3. The van der Waals surface area contributed by atoms with Crippen molar-refractivity contribution in [2.24, 2.45) is 17.6 Å². The summed E-state index contributed by atoms with van der Waals surface area (Å²) in [7, 11) is 0. The minimum absolute atomic E-state index is 0.363. The molecule has 0 aromatic carbocycles. The van der Waals surface area contributed by atoms with Crippen LogP contribution in [0.4, 0.5) is 0 Å². The van der Waals surface area contributed by atoms with Gasteiger partial charge in [-0.3, -0.25) is 4.79 Å². The summed E-state index contributed by atoms with van der Waals surface area (Å²) in [6, 6.07) is 0. The maximum atomic E-state index is 12.1. The molecule has 0 radical (unpaired) electrons. The SMILES string of the molecule is CCCCCCCCCCC(=O)C1CCC(CN)CC1. The molecule has 0 heterocycles. The number of ketones is 1. The van der Waals surface area contributed by atoms with Gasteiger partial charge in [0.15, 0.2) is 0 Å². The fourth-order valence-corrected chi connectivity index (χ4v) is 3.36. The Morgan fingerprint density at radius 2 is 1.45 bits per heavy atom. The second-order valence-corrected chi connectivity index (χ2v) is 6.64. The van der Waals surface area contributed by atoms with E-state index >= 15 is 0 Å². The van der Waals surface area contributed by atoms with Crippen molar-refractivity contribution in [1.29, 1.82) is 0 Å². The van der Waals surface area contributed by atoms with Crippen LogP contribution in [0, 0.1) is 11.8 Å². The molecule has 0 aromatic rings. The molecule has 118 valence electrons. The highest BCUT2D eigenvalue weighted by molar-refractivity contribution is 5.81. The van der Waals surface area contributed by atoms with Gasteiger partial charge in [-0.25, -0.2) is 0 Å². The summed E-state index contributed by atoms with van der Waals surface area (Å²) in [4.78, 5) is 12.1. The number of nitrogens with two attached hydrogens (primary N) is 1. The van der Waals surface area contributed by atoms with Gasteiger partial charge in [-0.15, -0.1) is 0 Å². The zero-order valence-corrected chi connectivity index (χ0v) is 13.5. The second-order valence-electron chi connectivity index (χ2n) is 6.64. The molecule has 2 N–H and O–H groups in total. The summed E-state index contributed by atoms with van der Waals surface area (Å²) in [5, 5.41) is 0. The van der Waals surface area contributed by atoms with Crippen LogP contribution in [0.25, 0.3) is 0 Å². The van der Waals surface area contributed by atoms with Gasteiger partial charge >= 0.3 is 0 Å². The smallest absolute Gasteiger partial charge is 0.135 e. The average molecular weight is 281 g/mol. The van der Waals surface area contributed by atoms with Crippen LogP contribution >= 0.6 is 0 Å². The van der Waals surface area contributed by atoms with Gasteiger partial charge in [-0.1, -0.05) is 51.9 Å². The van der Waals surface area contributed by atoms with Crippen molar-refractivity contribution in [1.82, 2.24) is 0 Å². The van der Waals surface area contributed by atoms with Crippen LogP contribution in [0.15, 0.2) is 0 Å². The Morgan fingerprint density at radius 3 is 2.00 bits per heavy atom. The van der Waals surface area contributed by atoms with Crippen LogP contribution in [0.2, 0.25) is 0 Å². The van der Waals surface area contributed by atoms with Crippen molar-refractivity contribution in [3.05, 3.63) is 0 Å². The van der Waals surface area contributed by atoms with Gasteiger partial charge in [0, 0.05) is 12.3 Å². The van der Waals surface area contributed by atoms with Crippen LogP contribution in [-0.4, -0.2) is 12.3 Å². The highest BCUT2D eigenvalue weighted by atomic mass is 16.1. The number of unbranched alkanes of at least 4 members (excludes halogenated alkanes) is 7.